The van der Waals surface area contributed by atoms with Gasteiger partial charge in [-0.2, -0.15) is 0 Å². The number of aromatic nitrogens is 1. The van der Waals surface area contributed by atoms with E-state index in [-0.39, 0.29) is 18.1 Å². The Morgan fingerprint density at radius 2 is 2.12 bits per heavy atom. The second kappa shape index (κ2) is 8.44. The predicted molar refractivity (Wildman–Crippen MR) is 95.6 cm³/mol. The van der Waals surface area contributed by atoms with Crippen LogP contribution in [0.5, 0.6) is 0 Å². The number of ether oxygens (including phenoxy) is 2. The van der Waals surface area contributed by atoms with Crippen molar-refractivity contribution in [2.45, 2.75) is 45.6 Å². The van der Waals surface area contributed by atoms with Crippen molar-refractivity contribution in [3.63, 3.8) is 0 Å². The van der Waals surface area contributed by atoms with Crippen molar-refractivity contribution < 1.29 is 18.8 Å². The molecule has 1 aromatic carbocycles. The van der Waals surface area contributed by atoms with E-state index in [9.17, 15) is 4.79 Å². The van der Waals surface area contributed by atoms with Gasteiger partial charge in [0.15, 0.2) is 0 Å². The maximum Gasteiger partial charge on any atom is 0.251 e. The molecule has 2 atom stereocenters. The molecule has 7 heteroatoms. The van der Waals surface area contributed by atoms with Crippen LogP contribution in [-0.2, 0) is 22.6 Å². The number of rotatable bonds is 6. The highest BCUT2D eigenvalue weighted by atomic mass is 16.5. The van der Waals surface area contributed by atoms with Gasteiger partial charge in [-0.05, 0) is 38.0 Å². The monoisotopic (exact) mass is 359 g/mol. The Kier molecular flexibility index (Phi) is 6.03. The van der Waals surface area contributed by atoms with Gasteiger partial charge in [0.1, 0.15) is 5.76 Å². The van der Waals surface area contributed by atoms with E-state index in [2.05, 4.69) is 10.5 Å². The fourth-order valence-corrected chi connectivity index (χ4v) is 2.99. The van der Waals surface area contributed by atoms with Gasteiger partial charge in [-0.3, -0.25) is 4.79 Å². The molecule has 26 heavy (non-hydrogen) atoms. The van der Waals surface area contributed by atoms with Crippen molar-refractivity contribution in [2.75, 3.05) is 13.2 Å². The number of nitrogens with one attached hydrogen (secondary N) is 1. The molecular weight excluding hydrogens is 334 g/mol. The van der Waals surface area contributed by atoms with Gasteiger partial charge in [-0.1, -0.05) is 17.3 Å². The molecule has 0 radical (unpaired) electrons. The number of benzene rings is 1. The highest BCUT2D eigenvalue weighted by Gasteiger charge is 2.29. The van der Waals surface area contributed by atoms with Crippen LogP contribution in [-0.4, -0.2) is 36.4 Å². The summed E-state index contributed by atoms with van der Waals surface area (Å²) in [5, 5.41) is 6.97. The van der Waals surface area contributed by atoms with Crippen LogP contribution >= 0.6 is 0 Å². The van der Waals surface area contributed by atoms with Gasteiger partial charge >= 0.3 is 0 Å². The van der Waals surface area contributed by atoms with Crippen LogP contribution in [0, 0.1) is 13.8 Å². The average Bonchev–Trinajstić information content (AvgIpc) is 2.99. The van der Waals surface area contributed by atoms with Crippen LogP contribution in [0.1, 0.15) is 39.4 Å². The standard InChI is InChI=1S/C19H25N3O4/c1-12-16(13(2)26-22-12)10-25-18-7-8-24-11-17(18)21-19(23)15-5-3-14(9-20)4-6-15/h3-6,17-18H,7-11,20H2,1-2H3,(H,21,23)/t17-,18+/m1/s1. The maximum atomic E-state index is 12.5. The third-order valence-corrected chi connectivity index (χ3v) is 4.68. The number of nitrogens with zero attached hydrogens (tertiary/aromatic N) is 1. The van der Waals surface area contributed by atoms with E-state index >= 15 is 0 Å². The predicted octanol–water partition coefficient (Wildman–Crippen LogP) is 1.85. The topological polar surface area (TPSA) is 99.6 Å². The average molecular weight is 359 g/mol. The minimum atomic E-state index is -0.203. The first kappa shape index (κ1) is 18.6. The summed E-state index contributed by atoms with van der Waals surface area (Å²) >= 11 is 0. The number of amides is 1. The molecule has 0 unspecified atom stereocenters. The number of hydrogen-bond donors (Lipinski definition) is 2. The molecule has 1 amide bonds. The summed E-state index contributed by atoms with van der Waals surface area (Å²) in [6, 6.07) is 7.07. The number of nitrogens with two attached hydrogens (primary N) is 1. The number of carbonyl (C=O) groups is 1. The molecule has 0 bridgehead atoms. The minimum absolute atomic E-state index is 0.121. The molecule has 1 fully saturated rings. The van der Waals surface area contributed by atoms with Crippen molar-refractivity contribution in [3.8, 4) is 0 Å². The van der Waals surface area contributed by atoms with Crippen LogP contribution in [0.2, 0.25) is 0 Å². The number of carbonyl (C=O) groups excluding carboxylic acids is 1. The maximum absolute atomic E-state index is 12.5. The van der Waals surface area contributed by atoms with Crippen LogP contribution in [0.25, 0.3) is 0 Å². The lowest BCUT2D eigenvalue weighted by atomic mass is 10.0. The Labute approximate surface area is 152 Å². The van der Waals surface area contributed by atoms with Crippen molar-refractivity contribution in [1.29, 1.82) is 0 Å². The molecule has 2 heterocycles. The van der Waals surface area contributed by atoms with Gasteiger partial charge in [-0.25, -0.2) is 0 Å². The van der Waals surface area contributed by atoms with Gasteiger partial charge in [0.05, 0.1) is 31.1 Å². The second-order valence-corrected chi connectivity index (χ2v) is 6.50. The summed E-state index contributed by atoms with van der Waals surface area (Å²) in [5.41, 5.74) is 8.96. The molecule has 7 nitrogen and oxygen atoms in total. The van der Waals surface area contributed by atoms with Crippen molar-refractivity contribution in [2.24, 2.45) is 5.73 Å². The zero-order valence-corrected chi connectivity index (χ0v) is 15.2. The second-order valence-electron chi connectivity index (χ2n) is 6.50. The van der Waals surface area contributed by atoms with E-state index in [0.29, 0.717) is 31.9 Å². The van der Waals surface area contributed by atoms with Gasteiger partial charge in [-0.15, -0.1) is 0 Å². The number of aryl methyl sites for hydroxylation is 2. The van der Waals surface area contributed by atoms with E-state index in [0.717, 1.165) is 29.0 Å². The van der Waals surface area contributed by atoms with Crippen LogP contribution in [0.3, 0.4) is 0 Å². The molecule has 140 valence electrons. The smallest absolute Gasteiger partial charge is 0.251 e. The summed E-state index contributed by atoms with van der Waals surface area (Å²) in [5.74, 6) is 0.616. The highest BCUT2D eigenvalue weighted by molar-refractivity contribution is 5.94. The van der Waals surface area contributed by atoms with Gasteiger partial charge in [0.25, 0.3) is 5.91 Å². The van der Waals surface area contributed by atoms with E-state index in [4.69, 9.17) is 19.7 Å². The van der Waals surface area contributed by atoms with Crippen molar-refractivity contribution in [1.82, 2.24) is 10.5 Å². The molecule has 3 N–H and O–H groups in total. The summed E-state index contributed by atoms with van der Waals surface area (Å²) in [6.45, 7) is 5.67. The summed E-state index contributed by atoms with van der Waals surface area (Å²) in [6.07, 6.45) is 0.602. The van der Waals surface area contributed by atoms with Crippen molar-refractivity contribution >= 4 is 5.91 Å². The molecule has 2 aromatic rings. The Balaban J connectivity index is 1.61. The van der Waals surface area contributed by atoms with Crippen LogP contribution in [0.15, 0.2) is 28.8 Å². The highest BCUT2D eigenvalue weighted by Crippen LogP contribution is 2.19. The first-order valence-electron chi connectivity index (χ1n) is 8.79. The SMILES string of the molecule is Cc1noc(C)c1CO[C@H]1CCOC[C@H]1NC(=O)c1ccc(CN)cc1. The summed E-state index contributed by atoms with van der Waals surface area (Å²) in [7, 11) is 0. The van der Waals surface area contributed by atoms with Gasteiger partial charge in [0.2, 0.25) is 0 Å². The molecule has 3 rings (SSSR count). The molecule has 1 saturated heterocycles. The first-order chi connectivity index (χ1) is 12.6. The summed E-state index contributed by atoms with van der Waals surface area (Å²) in [4.78, 5) is 12.5. The zero-order chi connectivity index (χ0) is 18.5. The largest absolute Gasteiger partial charge is 0.379 e. The lowest BCUT2D eigenvalue weighted by Gasteiger charge is -2.32. The van der Waals surface area contributed by atoms with E-state index < -0.39 is 0 Å². The fourth-order valence-electron chi connectivity index (χ4n) is 2.99. The van der Waals surface area contributed by atoms with Gasteiger partial charge in [0, 0.05) is 24.3 Å². The minimum Gasteiger partial charge on any atom is -0.379 e. The molecule has 1 aliphatic rings. The van der Waals surface area contributed by atoms with Crippen LogP contribution in [0.4, 0.5) is 0 Å². The summed E-state index contributed by atoms with van der Waals surface area (Å²) < 4.78 is 16.8. The molecular formula is C19H25N3O4. The first-order valence-corrected chi connectivity index (χ1v) is 8.79. The van der Waals surface area contributed by atoms with Gasteiger partial charge < -0.3 is 25.0 Å². The molecule has 0 spiro atoms. The Hall–Kier alpha value is -2.22. The lowest BCUT2D eigenvalue weighted by Crippen LogP contribution is -2.50. The van der Waals surface area contributed by atoms with E-state index in [1.165, 1.54) is 0 Å². The normalized spacial score (nSPS) is 20.1. The lowest BCUT2D eigenvalue weighted by molar-refractivity contribution is -0.0608. The Bertz CT molecular complexity index is 722. The zero-order valence-electron chi connectivity index (χ0n) is 15.2. The van der Waals surface area contributed by atoms with Crippen molar-refractivity contribution in [3.05, 3.63) is 52.4 Å². The van der Waals surface area contributed by atoms with E-state index in [1.54, 1.807) is 12.1 Å². The molecule has 0 saturated carbocycles. The van der Waals surface area contributed by atoms with Crippen LogP contribution < -0.4 is 11.1 Å². The third-order valence-electron chi connectivity index (χ3n) is 4.68. The molecule has 1 aliphatic heterocycles. The Morgan fingerprint density at radius 1 is 1.35 bits per heavy atom. The fraction of sp³-hybridized carbons (Fsp3) is 0.474. The molecule has 1 aromatic heterocycles. The Morgan fingerprint density at radius 3 is 2.77 bits per heavy atom. The number of hydrogen-bond acceptors (Lipinski definition) is 6. The molecule has 0 aliphatic carbocycles. The quantitative estimate of drug-likeness (QED) is 0.817. The van der Waals surface area contributed by atoms with E-state index in [1.807, 2.05) is 26.0 Å². The third kappa shape index (κ3) is 4.30.